The maximum Gasteiger partial charge on any atom is 0.322 e. The molecule has 0 saturated carbocycles. The van der Waals surface area contributed by atoms with Crippen molar-refractivity contribution in [3.63, 3.8) is 0 Å². The molecule has 0 spiro atoms. The van der Waals surface area contributed by atoms with E-state index in [0.29, 0.717) is 23.7 Å². The average Bonchev–Trinajstić information content (AvgIpc) is 3.24. The molecule has 182 valence electrons. The number of pyridine rings is 1. The van der Waals surface area contributed by atoms with E-state index >= 15 is 0 Å². The molecule has 0 radical (unpaired) electrons. The molecule has 1 saturated heterocycles. The van der Waals surface area contributed by atoms with Crippen LogP contribution >= 0.6 is 11.6 Å². The fourth-order valence-electron chi connectivity index (χ4n) is 4.05. The number of ether oxygens (including phenoxy) is 1. The first-order valence-corrected chi connectivity index (χ1v) is 11.3. The van der Waals surface area contributed by atoms with E-state index < -0.39 is 29.4 Å². The lowest BCUT2D eigenvalue weighted by Crippen LogP contribution is -2.45. The summed E-state index contributed by atoms with van der Waals surface area (Å²) in [6.45, 7) is 2.33. The molecule has 3 amide bonds. The van der Waals surface area contributed by atoms with Crippen LogP contribution in [0, 0.1) is 11.7 Å². The van der Waals surface area contributed by atoms with Gasteiger partial charge in [-0.15, -0.1) is 0 Å². The number of amides is 3. The molecule has 1 unspecified atom stereocenters. The van der Waals surface area contributed by atoms with Gasteiger partial charge >= 0.3 is 6.03 Å². The summed E-state index contributed by atoms with van der Waals surface area (Å²) in [5, 5.41) is 5.88. The molecule has 8 nitrogen and oxygen atoms in total. The second kappa shape index (κ2) is 10.2. The van der Waals surface area contributed by atoms with E-state index in [0.717, 1.165) is 6.07 Å². The Morgan fingerprint density at radius 3 is 2.54 bits per heavy atom. The number of methoxy groups -OCH3 is 1. The molecule has 2 N–H and O–H groups in total. The molecule has 35 heavy (non-hydrogen) atoms. The predicted molar refractivity (Wildman–Crippen MR) is 132 cm³/mol. The van der Waals surface area contributed by atoms with Crippen molar-refractivity contribution in [2.24, 2.45) is 5.92 Å². The molecular weight excluding hydrogens is 475 g/mol. The Morgan fingerprint density at radius 2 is 1.86 bits per heavy atom. The number of aromatic nitrogens is 1. The van der Waals surface area contributed by atoms with Crippen molar-refractivity contribution in [3.05, 3.63) is 82.0 Å². The summed E-state index contributed by atoms with van der Waals surface area (Å²) in [4.78, 5) is 39.7. The summed E-state index contributed by atoms with van der Waals surface area (Å²) in [6.07, 6.45) is 1.94. The quantitative estimate of drug-likeness (QED) is 0.541. The molecule has 1 aliphatic heterocycles. The lowest BCUT2D eigenvalue weighted by atomic mass is 10.1. The Bertz CT molecular complexity index is 1310. The van der Waals surface area contributed by atoms with Crippen LogP contribution in [0.1, 0.15) is 13.3 Å². The monoisotopic (exact) mass is 498 g/mol. The van der Waals surface area contributed by atoms with Gasteiger partial charge in [-0.05, 0) is 60.9 Å². The minimum Gasteiger partial charge on any atom is -0.491 e. The Hall–Kier alpha value is -3.85. The van der Waals surface area contributed by atoms with Gasteiger partial charge in [0.05, 0.1) is 18.5 Å². The van der Waals surface area contributed by atoms with Crippen molar-refractivity contribution in [3.8, 4) is 11.4 Å². The molecule has 10 heteroatoms. The van der Waals surface area contributed by atoms with Crippen LogP contribution in [-0.4, -0.2) is 41.1 Å². The van der Waals surface area contributed by atoms with Gasteiger partial charge in [-0.2, -0.15) is 0 Å². The van der Waals surface area contributed by atoms with Gasteiger partial charge in [0, 0.05) is 29.5 Å². The molecule has 2 heterocycles. The first-order valence-electron chi connectivity index (χ1n) is 11.0. The molecule has 0 aliphatic carbocycles. The van der Waals surface area contributed by atoms with Crippen molar-refractivity contribution >= 4 is 34.9 Å². The number of carbonyl (C=O) groups excluding carboxylic acids is 2. The van der Waals surface area contributed by atoms with Crippen molar-refractivity contribution < 1.29 is 18.7 Å². The molecule has 0 bridgehead atoms. The lowest BCUT2D eigenvalue weighted by Gasteiger charge is -2.24. The van der Waals surface area contributed by atoms with E-state index in [1.54, 1.807) is 30.3 Å². The highest BCUT2D eigenvalue weighted by atomic mass is 35.5. The van der Waals surface area contributed by atoms with Crippen LogP contribution in [0.25, 0.3) is 5.69 Å². The molecule has 1 fully saturated rings. The third-order valence-corrected chi connectivity index (χ3v) is 6.04. The normalized spacial score (nSPS) is 17.2. The van der Waals surface area contributed by atoms with Gasteiger partial charge in [0.25, 0.3) is 5.56 Å². The Kier molecular flexibility index (Phi) is 7.07. The number of carbonyl (C=O) groups is 2. The van der Waals surface area contributed by atoms with Crippen LogP contribution < -0.4 is 20.9 Å². The zero-order valence-corrected chi connectivity index (χ0v) is 19.9. The van der Waals surface area contributed by atoms with Crippen LogP contribution in [-0.2, 0) is 4.79 Å². The standard InChI is InChI=1S/C25H24ClFN4O4/c1-15-12-21(31(14-15)25(34)28-17-7-5-16(26)6-8-17)23(32)29-20-10-9-18(13-19(20)27)30-11-3-4-22(35-2)24(30)33/h3-11,13,15,21H,12,14H2,1-2H3,(H,28,34)(H,29,32)/t15-,21?/m1/s1. The SMILES string of the molecule is COc1cccn(-c2ccc(NC(=O)C3C[C@@H](C)CN3C(=O)Nc3ccc(Cl)cc3)c(F)c2)c1=O. The molecule has 2 aromatic carbocycles. The van der Waals surface area contributed by atoms with E-state index in [9.17, 15) is 18.8 Å². The number of benzene rings is 2. The van der Waals surface area contributed by atoms with Gasteiger partial charge < -0.3 is 20.3 Å². The van der Waals surface area contributed by atoms with Gasteiger partial charge in [0.2, 0.25) is 5.91 Å². The maximum absolute atomic E-state index is 14.9. The fourth-order valence-corrected chi connectivity index (χ4v) is 4.18. The highest BCUT2D eigenvalue weighted by Crippen LogP contribution is 2.26. The minimum absolute atomic E-state index is 0.0488. The second-order valence-electron chi connectivity index (χ2n) is 8.35. The number of nitrogens with one attached hydrogen (secondary N) is 2. The summed E-state index contributed by atoms with van der Waals surface area (Å²) >= 11 is 5.89. The smallest absolute Gasteiger partial charge is 0.322 e. The number of hydrogen-bond acceptors (Lipinski definition) is 4. The second-order valence-corrected chi connectivity index (χ2v) is 8.79. The first-order chi connectivity index (χ1) is 16.8. The van der Waals surface area contributed by atoms with Crippen molar-refractivity contribution in [1.29, 1.82) is 0 Å². The average molecular weight is 499 g/mol. The van der Waals surface area contributed by atoms with Crippen LogP contribution in [0.4, 0.5) is 20.6 Å². The van der Waals surface area contributed by atoms with Crippen molar-refractivity contribution in [2.75, 3.05) is 24.3 Å². The van der Waals surface area contributed by atoms with Gasteiger partial charge in [-0.1, -0.05) is 18.5 Å². The zero-order chi connectivity index (χ0) is 25.1. The highest BCUT2D eigenvalue weighted by molar-refractivity contribution is 6.30. The Labute approximate surface area is 206 Å². The Morgan fingerprint density at radius 1 is 1.11 bits per heavy atom. The van der Waals surface area contributed by atoms with Gasteiger partial charge in [-0.3, -0.25) is 14.2 Å². The molecule has 1 aliphatic rings. The summed E-state index contributed by atoms with van der Waals surface area (Å²) in [5.74, 6) is -0.994. The van der Waals surface area contributed by atoms with E-state index in [4.69, 9.17) is 16.3 Å². The highest BCUT2D eigenvalue weighted by Gasteiger charge is 2.38. The van der Waals surface area contributed by atoms with E-state index in [-0.39, 0.29) is 23.0 Å². The third-order valence-electron chi connectivity index (χ3n) is 5.79. The van der Waals surface area contributed by atoms with Crippen LogP contribution in [0.3, 0.4) is 0 Å². The summed E-state index contributed by atoms with van der Waals surface area (Å²) in [7, 11) is 1.38. The number of urea groups is 1. The first kappa shape index (κ1) is 24.3. The van der Waals surface area contributed by atoms with Gasteiger partial charge in [0.1, 0.15) is 11.9 Å². The van der Waals surface area contributed by atoms with E-state index in [1.165, 1.54) is 41.0 Å². The zero-order valence-electron chi connectivity index (χ0n) is 19.1. The molecule has 4 rings (SSSR count). The Balaban J connectivity index is 1.49. The maximum atomic E-state index is 14.9. The summed E-state index contributed by atoms with van der Waals surface area (Å²) in [6, 6.07) is 12.6. The number of rotatable bonds is 5. The molecule has 2 atom stereocenters. The topological polar surface area (TPSA) is 92.7 Å². The number of nitrogens with zero attached hydrogens (tertiary/aromatic N) is 2. The number of hydrogen-bond donors (Lipinski definition) is 2. The predicted octanol–water partition coefficient (Wildman–Crippen LogP) is 4.52. The summed E-state index contributed by atoms with van der Waals surface area (Å²) in [5.41, 5.74) is 0.344. The van der Waals surface area contributed by atoms with Crippen LogP contribution in [0.2, 0.25) is 5.02 Å². The lowest BCUT2D eigenvalue weighted by molar-refractivity contribution is -0.119. The number of anilines is 2. The van der Waals surface area contributed by atoms with E-state index in [2.05, 4.69) is 10.6 Å². The summed E-state index contributed by atoms with van der Waals surface area (Å²) < 4.78 is 21.2. The van der Waals surface area contributed by atoms with Crippen molar-refractivity contribution in [1.82, 2.24) is 9.47 Å². The molecular formula is C25H24ClFN4O4. The fraction of sp³-hybridized carbons (Fsp3) is 0.240. The van der Waals surface area contributed by atoms with Crippen molar-refractivity contribution in [2.45, 2.75) is 19.4 Å². The largest absolute Gasteiger partial charge is 0.491 e. The minimum atomic E-state index is -0.766. The van der Waals surface area contributed by atoms with Crippen LogP contribution in [0.5, 0.6) is 5.75 Å². The third kappa shape index (κ3) is 5.30. The molecule has 1 aromatic heterocycles. The number of likely N-dealkylation sites (tertiary alicyclic amines) is 1. The van der Waals surface area contributed by atoms with Gasteiger partial charge in [-0.25, -0.2) is 9.18 Å². The van der Waals surface area contributed by atoms with Crippen LogP contribution in [0.15, 0.2) is 65.6 Å². The molecule has 3 aromatic rings. The van der Waals surface area contributed by atoms with Gasteiger partial charge in [0.15, 0.2) is 5.75 Å². The van der Waals surface area contributed by atoms with E-state index in [1.807, 2.05) is 6.92 Å². The number of halogens is 2.